The molecule has 0 saturated heterocycles. The average Bonchev–Trinajstić information content (AvgIpc) is 2.66. The number of rotatable bonds is 5. The maximum Gasteiger partial charge on any atom is 0.231 e. The van der Waals surface area contributed by atoms with Crippen molar-refractivity contribution in [3.63, 3.8) is 0 Å². The van der Waals surface area contributed by atoms with E-state index in [9.17, 15) is 9.59 Å². The lowest BCUT2D eigenvalue weighted by molar-refractivity contribution is -0.121. The summed E-state index contributed by atoms with van der Waals surface area (Å²) in [6.45, 7) is 1.00. The predicted octanol–water partition coefficient (Wildman–Crippen LogP) is 1.01. The topological polar surface area (TPSA) is 49.4 Å². The Bertz CT molecular complexity index is 462. The molecule has 0 unspecified atom stereocenters. The average molecular weight is 264 g/mol. The fourth-order valence-electron chi connectivity index (χ4n) is 2.06. The molecule has 1 aromatic rings. The Labute approximate surface area is 112 Å². The van der Waals surface area contributed by atoms with Crippen LogP contribution in [-0.4, -0.2) is 30.7 Å². The maximum absolute atomic E-state index is 11.8. The lowest BCUT2D eigenvalue weighted by Crippen LogP contribution is -2.36. The number of fused-ring (bicyclic) bond motifs is 1. The fraction of sp³-hybridized carbons (Fsp3) is 0.385. The van der Waals surface area contributed by atoms with Crippen molar-refractivity contribution in [2.75, 3.05) is 23.7 Å². The highest BCUT2D eigenvalue weighted by Crippen LogP contribution is 2.27. The Balaban J connectivity index is 1.90. The van der Waals surface area contributed by atoms with Crippen LogP contribution in [0.1, 0.15) is 12.0 Å². The molecule has 5 heteroatoms. The molecule has 2 rings (SSSR count). The van der Waals surface area contributed by atoms with Crippen molar-refractivity contribution in [2.24, 2.45) is 0 Å². The molecule has 0 saturated carbocycles. The number of nitrogens with zero attached hydrogens (tertiary/aromatic N) is 1. The number of carbonyl (C=O) groups is 2. The number of hydrogen-bond donors (Lipinski definition) is 2. The van der Waals surface area contributed by atoms with E-state index in [1.807, 2.05) is 24.3 Å². The zero-order chi connectivity index (χ0) is 13.0. The minimum absolute atomic E-state index is 0.0232. The highest BCUT2D eigenvalue weighted by Gasteiger charge is 2.25. The molecule has 18 heavy (non-hydrogen) atoms. The van der Waals surface area contributed by atoms with E-state index in [-0.39, 0.29) is 11.8 Å². The lowest BCUT2D eigenvalue weighted by atomic mass is 10.2. The van der Waals surface area contributed by atoms with Crippen molar-refractivity contribution in [2.45, 2.75) is 12.8 Å². The molecule has 1 aliphatic rings. The van der Waals surface area contributed by atoms with Gasteiger partial charge in [0.25, 0.3) is 0 Å². The van der Waals surface area contributed by atoms with Crippen molar-refractivity contribution in [3.8, 4) is 0 Å². The van der Waals surface area contributed by atoms with Crippen LogP contribution in [-0.2, 0) is 16.0 Å². The molecule has 2 amide bonds. The van der Waals surface area contributed by atoms with Crippen molar-refractivity contribution in [1.29, 1.82) is 0 Å². The first-order valence-electron chi connectivity index (χ1n) is 5.98. The number of anilines is 1. The summed E-state index contributed by atoms with van der Waals surface area (Å²) in [6.07, 6.45) is 0.869. The van der Waals surface area contributed by atoms with Gasteiger partial charge in [0.2, 0.25) is 11.8 Å². The van der Waals surface area contributed by atoms with Crippen LogP contribution in [0.3, 0.4) is 0 Å². The van der Waals surface area contributed by atoms with E-state index in [0.29, 0.717) is 31.7 Å². The van der Waals surface area contributed by atoms with Gasteiger partial charge in [-0.3, -0.25) is 9.59 Å². The molecule has 96 valence electrons. The predicted molar refractivity (Wildman–Crippen MR) is 74.0 cm³/mol. The van der Waals surface area contributed by atoms with Crippen molar-refractivity contribution >= 4 is 30.1 Å². The third kappa shape index (κ3) is 2.85. The second-order valence-corrected chi connectivity index (χ2v) is 4.62. The Morgan fingerprint density at radius 3 is 2.94 bits per heavy atom. The molecule has 0 spiro atoms. The summed E-state index contributed by atoms with van der Waals surface area (Å²) in [4.78, 5) is 24.8. The van der Waals surface area contributed by atoms with Crippen LogP contribution in [0, 0.1) is 0 Å². The van der Waals surface area contributed by atoms with Crippen LogP contribution in [0.15, 0.2) is 24.3 Å². The van der Waals surface area contributed by atoms with Gasteiger partial charge in [0.05, 0.1) is 6.42 Å². The Morgan fingerprint density at radius 1 is 1.39 bits per heavy atom. The summed E-state index contributed by atoms with van der Waals surface area (Å²) >= 11 is 4.00. The number of hydrogen-bond acceptors (Lipinski definition) is 3. The first kappa shape index (κ1) is 13.0. The van der Waals surface area contributed by atoms with Crippen LogP contribution >= 0.6 is 12.6 Å². The van der Waals surface area contributed by atoms with Crippen LogP contribution in [0.2, 0.25) is 0 Å². The molecule has 0 bridgehead atoms. The molecule has 0 atom stereocenters. The molecule has 1 aromatic carbocycles. The molecule has 0 radical (unpaired) electrons. The molecule has 0 fully saturated rings. The lowest BCUT2D eigenvalue weighted by Gasteiger charge is -2.17. The number of thiol groups is 1. The minimum atomic E-state index is -0.0232. The summed E-state index contributed by atoms with van der Waals surface area (Å²) in [7, 11) is 0. The largest absolute Gasteiger partial charge is 0.354 e. The van der Waals surface area contributed by atoms with E-state index in [1.165, 1.54) is 0 Å². The van der Waals surface area contributed by atoms with Gasteiger partial charge in [0, 0.05) is 25.2 Å². The fourth-order valence-corrected chi connectivity index (χ4v) is 2.26. The van der Waals surface area contributed by atoms with Gasteiger partial charge in [-0.15, -0.1) is 0 Å². The van der Waals surface area contributed by atoms with E-state index in [4.69, 9.17) is 0 Å². The summed E-state index contributed by atoms with van der Waals surface area (Å²) in [5.74, 6) is 0.613. The molecule has 0 aliphatic carbocycles. The molecular weight excluding hydrogens is 248 g/mol. The number of para-hydroxylation sites is 1. The van der Waals surface area contributed by atoms with Gasteiger partial charge in [0.15, 0.2) is 0 Å². The number of carbonyl (C=O) groups excluding carboxylic acids is 2. The van der Waals surface area contributed by atoms with Crippen molar-refractivity contribution in [1.82, 2.24) is 5.32 Å². The third-order valence-electron chi connectivity index (χ3n) is 2.92. The molecule has 4 nitrogen and oxygen atoms in total. The highest BCUT2D eigenvalue weighted by molar-refractivity contribution is 7.80. The van der Waals surface area contributed by atoms with Crippen LogP contribution < -0.4 is 10.2 Å². The SMILES string of the molecule is O=C(CCS)NCCN1C(=O)Cc2ccccc21. The number of benzene rings is 1. The van der Waals surface area contributed by atoms with Crippen LogP contribution in [0.4, 0.5) is 5.69 Å². The second kappa shape index (κ2) is 5.91. The van der Waals surface area contributed by atoms with Gasteiger partial charge >= 0.3 is 0 Å². The Hall–Kier alpha value is -1.49. The Kier molecular flexibility index (Phi) is 4.25. The Morgan fingerprint density at radius 2 is 2.17 bits per heavy atom. The van der Waals surface area contributed by atoms with Crippen molar-refractivity contribution < 1.29 is 9.59 Å². The van der Waals surface area contributed by atoms with Gasteiger partial charge in [-0.2, -0.15) is 12.6 Å². The maximum atomic E-state index is 11.8. The summed E-state index contributed by atoms with van der Waals surface area (Å²) in [5.41, 5.74) is 2.02. The first-order valence-corrected chi connectivity index (χ1v) is 6.61. The van der Waals surface area contributed by atoms with Gasteiger partial charge < -0.3 is 10.2 Å². The van der Waals surface area contributed by atoms with E-state index in [0.717, 1.165) is 11.3 Å². The van der Waals surface area contributed by atoms with E-state index in [1.54, 1.807) is 4.90 Å². The van der Waals surface area contributed by atoms with E-state index < -0.39 is 0 Å². The van der Waals surface area contributed by atoms with Crippen LogP contribution in [0.25, 0.3) is 0 Å². The normalized spacial score (nSPS) is 13.6. The molecule has 1 N–H and O–H groups in total. The second-order valence-electron chi connectivity index (χ2n) is 4.17. The van der Waals surface area contributed by atoms with Crippen molar-refractivity contribution in [3.05, 3.63) is 29.8 Å². The van der Waals surface area contributed by atoms with E-state index in [2.05, 4.69) is 17.9 Å². The van der Waals surface area contributed by atoms with E-state index >= 15 is 0 Å². The van der Waals surface area contributed by atoms with Gasteiger partial charge in [-0.1, -0.05) is 18.2 Å². The monoisotopic (exact) mass is 264 g/mol. The molecule has 1 heterocycles. The number of nitrogens with one attached hydrogen (secondary N) is 1. The molecule has 0 aromatic heterocycles. The van der Waals surface area contributed by atoms with Gasteiger partial charge in [-0.05, 0) is 17.4 Å². The highest BCUT2D eigenvalue weighted by atomic mass is 32.1. The van der Waals surface area contributed by atoms with Crippen LogP contribution in [0.5, 0.6) is 0 Å². The zero-order valence-electron chi connectivity index (χ0n) is 10.1. The van der Waals surface area contributed by atoms with Gasteiger partial charge in [-0.25, -0.2) is 0 Å². The number of amides is 2. The summed E-state index contributed by atoms with van der Waals surface area (Å²) < 4.78 is 0. The quantitative estimate of drug-likeness (QED) is 0.780. The van der Waals surface area contributed by atoms with Gasteiger partial charge in [0.1, 0.15) is 0 Å². The summed E-state index contributed by atoms with van der Waals surface area (Å²) in [5, 5.41) is 2.78. The molecule has 1 aliphatic heterocycles. The standard InChI is InChI=1S/C13H16N2O2S/c16-12(5-8-18)14-6-7-15-11-4-2-1-3-10(11)9-13(15)17/h1-4,18H,5-9H2,(H,14,16). The summed E-state index contributed by atoms with van der Waals surface area (Å²) in [6, 6.07) is 7.76. The molecular formula is C13H16N2O2S. The first-order chi connectivity index (χ1) is 8.72. The smallest absolute Gasteiger partial charge is 0.231 e. The zero-order valence-corrected chi connectivity index (χ0v) is 11.0. The third-order valence-corrected chi connectivity index (χ3v) is 3.15. The minimum Gasteiger partial charge on any atom is -0.354 e.